The molecule has 0 aliphatic carbocycles. The van der Waals surface area contributed by atoms with Gasteiger partial charge >= 0.3 is 6.09 Å². The lowest BCUT2D eigenvalue weighted by atomic mass is 10.1. The smallest absolute Gasteiger partial charge is 0.412 e. The molecule has 0 unspecified atom stereocenters. The fourth-order valence-electron chi connectivity index (χ4n) is 3.36. The summed E-state index contributed by atoms with van der Waals surface area (Å²) < 4.78 is 37.2. The number of aromatic nitrogens is 1. The number of hydrogen-bond donors (Lipinski definition) is 1. The highest BCUT2D eigenvalue weighted by atomic mass is 35.5. The maximum Gasteiger partial charge on any atom is 0.412 e. The fraction of sp³-hybridized carbons (Fsp3) is 0.286. The van der Waals surface area contributed by atoms with E-state index in [0.29, 0.717) is 32.8 Å². The van der Waals surface area contributed by atoms with E-state index in [1.165, 1.54) is 24.4 Å². The van der Waals surface area contributed by atoms with Gasteiger partial charge in [-0.05, 0) is 24.3 Å². The molecule has 1 aliphatic heterocycles. The van der Waals surface area contributed by atoms with Gasteiger partial charge in [0.15, 0.2) is 11.3 Å². The average molecular weight is 450 g/mol. The van der Waals surface area contributed by atoms with Crippen LogP contribution in [0.15, 0.2) is 41.1 Å². The molecule has 0 radical (unpaired) electrons. The van der Waals surface area contributed by atoms with Crippen LogP contribution < -0.4 is 10.1 Å². The molecule has 31 heavy (non-hydrogen) atoms. The number of furan rings is 1. The standard InChI is InChI=1S/C21H18ClF2N3O4/c1-25-20(29)31-17-11-30-18-14(17)8-13(9-15(18)22)16-3-2-12(10-26-16)19(28)27-6-4-21(23,24)5-7-27/h2-3,8-11H,4-7H2,1H3,(H,25,29). The van der Waals surface area contributed by atoms with E-state index >= 15 is 0 Å². The van der Waals surface area contributed by atoms with E-state index in [0.717, 1.165) is 0 Å². The number of pyridine rings is 1. The van der Waals surface area contributed by atoms with E-state index in [2.05, 4.69) is 10.3 Å². The summed E-state index contributed by atoms with van der Waals surface area (Å²) in [6.45, 7) is 0.0168. The summed E-state index contributed by atoms with van der Waals surface area (Å²) in [6, 6.07) is 6.59. The second kappa shape index (κ2) is 8.14. The Morgan fingerprint density at radius 1 is 1.26 bits per heavy atom. The second-order valence-corrected chi connectivity index (χ2v) is 7.56. The van der Waals surface area contributed by atoms with Crippen LogP contribution in [-0.2, 0) is 0 Å². The van der Waals surface area contributed by atoms with Crippen molar-refractivity contribution in [3.8, 4) is 17.0 Å². The first-order valence-corrected chi connectivity index (χ1v) is 9.89. The number of halogens is 3. The van der Waals surface area contributed by atoms with Crippen LogP contribution in [0.1, 0.15) is 23.2 Å². The third-order valence-electron chi connectivity index (χ3n) is 5.09. The number of ether oxygens (including phenoxy) is 1. The van der Waals surface area contributed by atoms with E-state index in [1.807, 2.05) is 0 Å². The van der Waals surface area contributed by atoms with Gasteiger partial charge in [0.25, 0.3) is 11.8 Å². The lowest BCUT2D eigenvalue weighted by molar-refractivity contribution is -0.0494. The summed E-state index contributed by atoms with van der Waals surface area (Å²) in [5.41, 5.74) is 1.82. The number of amides is 2. The normalized spacial score (nSPS) is 15.7. The van der Waals surface area contributed by atoms with Crippen LogP contribution in [0.2, 0.25) is 5.02 Å². The Kier molecular flexibility index (Phi) is 5.53. The zero-order valence-corrected chi connectivity index (χ0v) is 17.2. The van der Waals surface area contributed by atoms with Gasteiger partial charge in [-0.2, -0.15) is 0 Å². The first-order valence-electron chi connectivity index (χ1n) is 9.51. The highest BCUT2D eigenvalue weighted by Crippen LogP contribution is 2.37. The topological polar surface area (TPSA) is 84.7 Å². The molecule has 3 aromatic rings. The average Bonchev–Trinajstić information content (AvgIpc) is 3.16. The SMILES string of the molecule is CNC(=O)Oc1coc2c(Cl)cc(-c3ccc(C(=O)N4CCC(F)(F)CC4)cn3)cc12. The Morgan fingerprint density at radius 2 is 2.00 bits per heavy atom. The molecule has 0 bridgehead atoms. The molecule has 162 valence electrons. The Balaban J connectivity index is 1.58. The molecule has 10 heteroatoms. The zero-order chi connectivity index (χ0) is 22.2. The molecule has 1 fully saturated rings. The monoisotopic (exact) mass is 449 g/mol. The molecule has 1 aliphatic rings. The molecule has 1 N–H and O–H groups in total. The molecule has 7 nitrogen and oxygen atoms in total. The summed E-state index contributed by atoms with van der Waals surface area (Å²) in [5, 5.41) is 3.14. The highest BCUT2D eigenvalue weighted by molar-refractivity contribution is 6.35. The maximum absolute atomic E-state index is 13.3. The van der Waals surface area contributed by atoms with E-state index in [-0.39, 0.29) is 37.6 Å². The van der Waals surface area contributed by atoms with Crippen molar-refractivity contribution in [3.05, 3.63) is 47.3 Å². The van der Waals surface area contributed by atoms with Crippen LogP contribution in [0, 0.1) is 0 Å². The predicted molar refractivity (Wildman–Crippen MR) is 110 cm³/mol. The number of rotatable bonds is 3. The van der Waals surface area contributed by atoms with Crippen molar-refractivity contribution in [1.82, 2.24) is 15.2 Å². The molecular weight excluding hydrogens is 432 g/mol. The summed E-state index contributed by atoms with van der Waals surface area (Å²) in [4.78, 5) is 29.8. The quantitative estimate of drug-likeness (QED) is 0.624. The Morgan fingerprint density at radius 3 is 2.65 bits per heavy atom. The van der Waals surface area contributed by atoms with Gasteiger partial charge in [0, 0.05) is 44.7 Å². The van der Waals surface area contributed by atoms with Crippen LogP contribution in [0.5, 0.6) is 5.75 Å². The van der Waals surface area contributed by atoms with Gasteiger partial charge in [-0.1, -0.05) is 11.6 Å². The van der Waals surface area contributed by atoms with Gasteiger partial charge in [-0.15, -0.1) is 0 Å². The number of hydrogen-bond acceptors (Lipinski definition) is 5. The number of benzene rings is 1. The van der Waals surface area contributed by atoms with E-state index in [4.69, 9.17) is 20.8 Å². The van der Waals surface area contributed by atoms with E-state index in [1.54, 1.807) is 24.3 Å². The lowest BCUT2D eigenvalue weighted by Crippen LogP contribution is -2.42. The summed E-state index contributed by atoms with van der Waals surface area (Å²) in [5.74, 6) is -2.85. The molecule has 1 aromatic carbocycles. The largest absolute Gasteiger partial charge is 0.459 e. The summed E-state index contributed by atoms with van der Waals surface area (Å²) in [6.07, 6.45) is 1.36. The molecule has 2 amide bonds. The number of carbonyl (C=O) groups is 2. The minimum absolute atomic E-state index is 0.00840. The number of carbonyl (C=O) groups excluding carboxylic acids is 2. The fourth-order valence-corrected chi connectivity index (χ4v) is 3.62. The lowest BCUT2D eigenvalue weighted by Gasteiger charge is -2.31. The first kappa shape index (κ1) is 21.0. The molecule has 4 rings (SSSR count). The third-order valence-corrected chi connectivity index (χ3v) is 5.37. The van der Waals surface area contributed by atoms with Gasteiger partial charge in [0.2, 0.25) is 0 Å². The van der Waals surface area contributed by atoms with Gasteiger partial charge < -0.3 is 19.4 Å². The van der Waals surface area contributed by atoms with Gasteiger partial charge in [-0.25, -0.2) is 13.6 Å². The summed E-state index contributed by atoms with van der Waals surface area (Å²) in [7, 11) is 1.44. The molecule has 0 spiro atoms. The van der Waals surface area contributed by atoms with Crippen molar-refractivity contribution in [2.24, 2.45) is 0 Å². The van der Waals surface area contributed by atoms with Crippen molar-refractivity contribution >= 4 is 34.6 Å². The number of nitrogens with zero attached hydrogens (tertiary/aromatic N) is 2. The molecule has 0 saturated carbocycles. The maximum atomic E-state index is 13.3. The number of nitrogens with one attached hydrogen (secondary N) is 1. The van der Waals surface area contributed by atoms with Crippen molar-refractivity contribution in [1.29, 1.82) is 0 Å². The van der Waals surface area contributed by atoms with E-state index in [9.17, 15) is 18.4 Å². The van der Waals surface area contributed by atoms with Crippen molar-refractivity contribution < 1.29 is 27.5 Å². The van der Waals surface area contributed by atoms with Crippen molar-refractivity contribution in [2.45, 2.75) is 18.8 Å². The Bertz CT molecular complexity index is 1140. The zero-order valence-electron chi connectivity index (χ0n) is 16.5. The number of likely N-dealkylation sites (tertiary alicyclic amines) is 1. The molecule has 1 saturated heterocycles. The van der Waals surface area contributed by atoms with Crippen LogP contribution in [-0.4, -0.2) is 47.9 Å². The number of fused-ring (bicyclic) bond motifs is 1. The minimum atomic E-state index is -2.72. The predicted octanol–water partition coefficient (Wildman–Crippen LogP) is 4.74. The van der Waals surface area contributed by atoms with Gasteiger partial charge in [0.05, 0.1) is 21.7 Å². The van der Waals surface area contributed by atoms with Crippen LogP contribution >= 0.6 is 11.6 Å². The van der Waals surface area contributed by atoms with Crippen LogP contribution in [0.4, 0.5) is 13.6 Å². The van der Waals surface area contributed by atoms with Gasteiger partial charge in [-0.3, -0.25) is 9.78 Å². The van der Waals surface area contributed by atoms with Crippen LogP contribution in [0.25, 0.3) is 22.2 Å². The summed E-state index contributed by atoms with van der Waals surface area (Å²) >= 11 is 6.30. The first-order chi connectivity index (χ1) is 14.8. The number of alkyl halides is 2. The molecule has 0 atom stereocenters. The minimum Gasteiger partial charge on any atom is -0.459 e. The second-order valence-electron chi connectivity index (χ2n) is 7.15. The highest BCUT2D eigenvalue weighted by Gasteiger charge is 2.35. The van der Waals surface area contributed by atoms with E-state index < -0.39 is 12.0 Å². The van der Waals surface area contributed by atoms with Crippen LogP contribution in [0.3, 0.4) is 0 Å². The molecule has 3 heterocycles. The van der Waals surface area contributed by atoms with Gasteiger partial charge in [0.1, 0.15) is 6.26 Å². The van der Waals surface area contributed by atoms with Crippen molar-refractivity contribution in [3.63, 3.8) is 0 Å². The number of piperidine rings is 1. The van der Waals surface area contributed by atoms with Crippen molar-refractivity contribution in [2.75, 3.05) is 20.1 Å². The molecular formula is C21H18ClF2N3O4. The Hall–Kier alpha value is -3.20. The Labute approximate surface area is 180 Å². The third kappa shape index (κ3) is 4.32. The molecule has 2 aromatic heterocycles.